The highest BCUT2D eigenvalue weighted by Gasteiger charge is 2.24. The van der Waals surface area contributed by atoms with E-state index in [1.165, 1.54) is 17.1 Å². The van der Waals surface area contributed by atoms with Crippen molar-refractivity contribution in [3.63, 3.8) is 0 Å². The van der Waals surface area contributed by atoms with Crippen LogP contribution in [0.1, 0.15) is 20.5 Å². The number of piperazine rings is 1. The number of amides is 2. The first-order valence-corrected chi connectivity index (χ1v) is 12.5. The van der Waals surface area contributed by atoms with Crippen LogP contribution in [0.2, 0.25) is 5.02 Å². The summed E-state index contributed by atoms with van der Waals surface area (Å²) >= 11 is 10.0. The van der Waals surface area contributed by atoms with Crippen LogP contribution in [0.5, 0.6) is 0 Å². The lowest BCUT2D eigenvalue weighted by atomic mass is 10.1. The Morgan fingerprint density at radius 2 is 1.63 bits per heavy atom. The molecule has 0 unspecified atom stereocenters. The second-order valence-electron chi connectivity index (χ2n) is 7.29. The summed E-state index contributed by atoms with van der Waals surface area (Å²) in [5, 5.41) is 3.37. The molecule has 30 heavy (non-hydrogen) atoms. The third-order valence-electron chi connectivity index (χ3n) is 5.23. The summed E-state index contributed by atoms with van der Waals surface area (Å²) in [7, 11) is 0. The average molecular weight is 462 g/mol. The predicted octanol–water partition coefficient (Wildman–Crippen LogP) is 4.22. The van der Waals surface area contributed by atoms with E-state index in [4.69, 9.17) is 11.6 Å². The molecular formula is C22H24ClN3O2S2. The number of nitrogens with one attached hydrogen (secondary N) is 1. The number of rotatable bonds is 5. The molecule has 2 aromatic rings. The Hall–Kier alpha value is -1.67. The van der Waals surface area contributed by atoms with E-state index in [-0.39, 0.29) is 11.8 Å². The molecule has 0 aromatic heterocycles. The maximum absolute atomic E-state index is 12.8. The zero-order chi connectivity index (χ0) is 20.9. The number of halogens is 1. The van der Waals surface area contributed by atoms with E-state index in [2.05, 4.69) is 22.3 Å². The Labute approximate surface area is 190 Å². The summed E-state index contributed by atoms with van der Waals surface area (Å²) in [6.45, 7) is 2.88. The first-order valence-electron chi connectivity index (χ1n) is 9.99. The maximum Gasteiger partial charge on any atom is 0.253 e. The van der Waals surface area contributed by atoms with Crippen LogP contribution in [0.25, 0.3) is 0 Å². The van der Waals surface area contributed by atoms with E-state index in [0.29, 0.717) is 48.0 Å². The number of para-hydroxylation sites is 1. The Kier molecular flexibility index (Phi) is 7.25. The van der Waals surface area contributed by atoms with Gasteiger partial charge in [0.1, 0.15) is 0 Å². The van der Waals surface area contributed by atoms with Crippen molar-refractivity contribution in [2.75, 3.05) is 49.5 Å². The van der Waals surface area contributed by atoms with Crippen LogP contribution in [0.4, 0.5) is 5.69 Å². The SMILES string of the molecule is O=C(CN1CCN(C(=O)c2ccc(C3SCCS3)cc2)CC1)Nc1ccccc1Cl. The number of anilines is 1. The minimum Gasteiger partial charge on any atom is -0.336 e. The van der Waals surface area contributed by atoms with Crippen molar-refractivity contribution in [3.8, 4) is 0 Å². The number of hydrogen-bond donors (Lipinski definition) is 1. The van der Waals surface area contributed by atoms with Crippen molar-refractivity contribution < 1.29 is 9.59 Å². The summed E-state index contributed by atoms with van der Waals surface area (Å²) < 4.78 is 0.495. The second-order valence-corrected chi connectivity index (χ2v) is 10.4. The number of nitrogens with zero attached hydrogens (tertiary/aromatic N) is 2. The zero-order valence-electron chi connectivity index (χ0n) is 16.6. The molecule has 0 atom stereocenters. The van der Waals surface area contributed by atoms with E-state index in [1.807, 2.05) is 52.7 Å². The first-order chi connectivity index (χ1) is 14.6. The molecule has 2 aliphatic rings. The second kappa shape index (κ2) is 10.1. The quantitative estimate of drug-likeness (QED) is 0.722. The maximum atomic E-state index is 12.8. The summed E-state index contributed by atoms with van der Waals surface area (Å²) in [6, 6.07) is 15.3. The van der Waals surface area contributed by atoms with Crippen LogP contribution in [-0.2, 0) is 4.79 Å². The third kappa shape index (κ3) is 5.32. The normalized spacial score (nSPS) is 17.8. The number of benzene rings is 2. The Bertz CT molecular complexity index is 896. The zero-order valence-corrected chi connectivity index (χ0v) is 18.9. The third-order valence-corrected chi connectivity index (χ3v) is 8.66. The lowest BCUT2D eigenvalue weighted by Gasteiger charge is -2.34. The predicted molar refractivity (Wildman–Crippen MR) is 127 cm³/mol. The summed E-state index contributed by atoms with van der Waals surface area (Å²) in [6.07, 6.45) is 0. The number of hydrogen-bond acceptors (Lipinski definition) is 5. The molecule has 2 aliphatic heterocycles. The molecule has 1 N–H and O–H groups in total. The molecule has 2 aromatic carbocycles. The molecule has 158 valence electrons. The molecule has 5 nitrogen and oxygen atoms in total. The molecule has 0 radical (unpaired) electrons. The number of carbonyl (C=O) groups excluding carboxylic acids is 2. The molecule has 2 saturated heterocycles. The van der Waals surface area contributed by atoms with Gasteiger partial charge in [-0.05, 0) is 29.8 Å². The molecule has 4 rings (SSSR count). The van der Waals surface area contributed by atoms with Crippen molar-refractivity contribution in [2.45, 2.75) is 4.58 Å². The van der Waals surface area contributed by atoms with Gasteiger partial charge in [-0.3, -0.25) is 14.5 Å². The molecule has 0 saturated carbocycles. The van der Waals surface area contributed by atoms with Crippen LogP contribution in [0.3, 0.4) is 0 Å². The van der Waals surface area contributed by atoms with E-state index in [1.54, 1.807) is 12.1 Å². The van der Waals surface area contributed by atoms with Crippen molar-refractivity contribution in [1.29, 1.82) is 0 Å². The molecule has 2 fully saturated rings. The van der Waals surface area contributed by atoms with Gasteiger partial charge in [0.2, 0.25) is 5.91 Å². The molecule has 8 heteroatoms. The highest BCUT2D eigenvalue weighted by molar-refractivity contribution is 8.19. The van der Waals surface area contributed by atoms with Crippen molar-refractivity contribution >= 4 is 52.6 Å². The van der Waals surface area contributed by atoms with Crippen LogP contribution >= 0.6 is 35.1 Å². The van der Waals surface area contributed by atoms with Crippen molar-refractivity contribution in [3.05, 3.63) is 64.7 Å². The van der Waals surface area contributed by atoms with Gasteiger partial charge in [0.05, 0.1) is 21.8 Å². The molecular weight excluding hydrogens is 438 g/mol. The highest BCUT2D eigenvalue weighted by atomic mass is 35.5. The fraction of sp³-hybridized carbons (Fsp3) is 0.364. The minimum atomic E-state index is -0.0962. The van der Waals surface area contributed by atoms with Crippen LogP contribution < -0.4 is 5.32 Å². The van der Waals surface area contributed by atoms with Gasteiger partial charge >= 0.3 is 0 Å². The number of thioether (sulfide) groups is 2. The van der Waals surface area contributed by atoms with E-state index >= 15 is 0 Å². The van der Waals surface area contributed by atoms with Crippen LogP contribution in [0.15, 0.2) is 48.5 Å². The first kappa shape index (κ1) is 21.6. The molecule has 0 spiro atoms. The van der Waals surface area contributed by atoms with Gasteiger partial charge in [-0.15, -0.1) is 23.5 Å². The van der Waals surface area contributed by atoms with E-state index < -0.39 is 0 Å². The van der Waals surface area contributed by atoms with E-state index in [9.17, 15) is 9.59 Å². The Morgan fingerprint density at radius 3 is 2.30 bits per heavy atom. The topological polar surface area (TPSA) is 52.7 Å². The fourth-order valence-corrected chi connectivity index (χ4v) is 6.62. The molecule has 0 aliphatic carbocycles. The van der Waals surface area contributed by atoms with Gasteiger partial charge < -0.3 is 10.2 Å². The van der Waals surface area contributed by atoms with E-state index in [0.717, 1.165) is 5.56 Å². The van der Waals surface area contributed by atoms with Gasteiger partial charge in [0.25, 0.3) is 5.91 Å². The molecule has 2 amide bonds. The summed E-state index contributed by atoms with van der Waals surface area (Å²) in [4.78, 5) is 29.1. The summed E-state index contributed by atoms with van der Waals surface area (Å²) in [5.41, 5.74) is 2.64. The highest BCUT2D eigenvalue weighted by Crippen LogP contribution is 2.45. The van der Waals surface area contributed by atoms with Crippen LogP contribution in [-0.4, -0.2) is 65.8 Å². The fourth-order valence-electron chi connectivity index (χ4n) is 3.58. The monoisotopic (exact) mass is 461 g/mol. The van der Waals surface area contributed by atoms with Gasteiger partial charge in [-0.1, -0.05) is 35.9 Å². The van der Waals surface area contributed by atoms with Gasteiger partial charge in [-0.2, -0.15) is 0 Å². The van der Waals surface area contributed by atoms with Crippen molar-refractivity contribution in [1.82, 2.24) is 9.80 Å². The number of carbonyl (C=O) groups is 2. The largest absolute Gasteiger partial charge is 0.336 e. The van der Waals surface area contributed by atoms with Gasteiger partial charge in [0, 0.05) is 43.2 Å². The molecule has 0 bridgehead atoms. The van der Waals surface area contributed by atoms with Crippen molar-refractivity contribution in [2.24, 2.45) is 0 Å². The summed E-state index contributed by atoms with van der Waals surface area (Å²) in [5.74, 6) is 2.35. The lowest BCUT2D eigenvalue weighted by molar-refractivity contribution is -0.117. The van der Waals surface area contributed by atoms with Gasteiger partial charge in [0.15, 0.2) is 0 Å². The standard InChI is InChI=1S/C22H24ClN3O2S2/c23-18-3-1-2-4-19(18)24-20(27)15-25-9-11-26(12-10-25)21(28)16-5-7-17(8-6-16)22-29-13-14-30-22/h1-8,22H,9-15H2,(H,24,27). The Balaban J connectivity index is 1.26. The lowest BCUT2D eigenvalue weighted by Crippen LogP contribution is -2.50. The molecule has 2 heterocycles. The van der Waals surface area contributed by atoms with Gasteiger partial charge in [-0.25, -0.2) is 0 Å². The average Bonchev–Trinajstić information content (AvgIpc) is 3.30. The minimum absolute atomic E-state index is 0.0634. The Morgan fingerprint density at radius 1 is 0.967 bits per heavy atom. The van der Waals surface area contributed by atoms with Crippen LogP contribution in [0, 0.1) is 0 Å². The smallest absolute Gasteiger partial charge is 0.253 e.